The smallest absolute Gasteiger partial charge is 0.387 e. The molecule has 3 heterocycles. The molecule has 2 aliphatic heterocycles. The van der Waals surface area contributed by atoms with Crippen LogP contribution in [0.3, 0.4) is 0 Å². The molecule has 0 saturated carbocycles. The Bertz CT molecular complexity index is 1260. The van der Waals surface area contributed by atoms with E-state index in [1.54, 1.807) is 10.9 Å². The first-order chi connectivity index (χ1) is 16.8. The molecule has 5 rings (SSSR count). The average Bonchev–Trinajstić information content (AvgIpc) is 3.21. The Labute approximate surface area is 197 Å². The Balaban J connectivity index is 1.39. The van der Waals surface area contributed by atoms with Crippen LogP contribution in [0.5, 0.6) is 17.2 Å². The number of piperidine rings is 1. The lowest BCUT2D eigenvalue weighted by atomic mass is 9.81. The number of alkyl halides is 4. The van der Waals surface area contributed by atoms with Crippen LogP contribution >= 0.6 is 0 Å². The highest BCUT2D eigenvalue weighted by molar-refractivity contribution is 5.97. The number of aryl methyl sites for hydroxylation is 1. The van der Waals surface area contributed by atoms with Gasteiger partial charge in [-0.05, 0) is 24.3 Å². The van der Waals surface area contributed by atoms with E-state index in [2.05, 4.69) is 14.6 Å². The summed E-state index contributed by atoms with van der Waals surface area (Å²) >= 11 is 0. The van der Waals surface area contributed by atoms with Crippen molar-refractivity contribution in [1.29, 1.82) is 0 Å². The van der Waals surface area contributed by atoms with E-state index in [0.717, 1.165) is 40.8 Å². The van der Waals surface area contributed by atoms with Gasteiger partial charge in [-0.25, -0.2) is 0 Å². The van der Waals surface area contributed by atoms with Crippen LogP contribution in [-0.4, -0.2) is 46.9 Å². The maximum atomic E-state index is 13.2. The van der Waals surface area contributed by atoms with Gasteiger partial charge in [0.15, 0.2) is 0 Å². The molecular weight excluding hydrogens is 470 g/mol. The molecule has 1 fully saturated rings. The van der Waals surface area contributed by atoms with E-state index in [1.165, 1.54) is 4.90 Å². The number of benzene rings is 2. The van der Waals surface area contributed by atoms with Crippen LogP contribution in [0.4, 0.5) is 17.6 Å². The predicted molar refractivity (Wildman–Crippen MR) is 116 cm³/mol. The largest absolute Gasteiger partial charge is 0.482 e. The number of likely N-dealkylation sites (tertiary alicyclic amines) is 1. The van der Waals surface area contributed by atoms with E-state index in [0.29, 0.717) is 12.8 Å². The normalized spacial score (nSPS) is 16.1. The topological polar surface area (TPSA) is 65.8 Å². The molecule has 0 unspecified atom stereocenters. The summed E-state index contributed by atoms with van der Waals surface area (Å²) in [5.74, 6) is -0.740. The second kappa shape index (κ2) is 8.79. The third-order valence-electron chi connectivity index (χ3n) is 6.36. The Morgan fingerprint density at radius 3 is 2.49 bits per heavy atom. The summed E-state index contributed by atoms with van der Waals surface area (Å²) in [6.45, 7) is -5.84. The lowest BCUT2D eigenvalue weighted by molar-refractivity contribution is -0.0545. The zero-order valence-corrected chi connectivity index (χ0v) is 18.6. The first-order valence-corrected chi connectivity index (χ1v) is 10.9. The lowest BCUT2D eigenvalue weighted by Crippen LogP contribution is -2.49. The zero-order chi connectivity index (χ0) is 24.7. The van der Waals surface area contributed by atoms with E-state index in [9.17, 15) is 22.4 Å². The summed E-state index contributed by atoms with van der Waals surface area (Å²) in [5, 5.41) is 4.42. The minimum atomic E-state index is -3.24. The number of para-hydroxylation sites is 1. The number of carbonyl (C=O) groups excluding carboxylic acids is 1. The predicted octanol–water partition coefficient (Wildman–Crippen LogP) is 4.81. The molecule has 7 nitrogen and oxygen atoms in total. The van der Waals surface area contributed by atoms with E-state index < -0.39 is 30.5 Å². The number of aromatic nitrogens is 2. The van der Waals surface area contributed by atoms with Gasteiger partial charge in [0.2, 0.25) is 0 Å². The van der Waals surface area contributed by atoms with Crippen LogP contribution in [0.2, 0.25) is 0 Å². The van der Waals surface area contributed by atoms with Crippen molar-refractivity contribution in [3.8, 4) is 28.5 Å². The number of hydrogen-bond acceptors (Lipinski definition) is 5. The SMILES string of the molecule is Cn1ncc2c1-c1ccccc1OC21CCN(C(=O)c2ccc(OC(F)F)cc2OC(F)F)CC1. The summed E-state index contributed by atoms with van der Waals surface area (Å²) in [7, 11) is 1.86. The Morgan fingerprint density at radius 2 is 1.77 bits per heavy atom. The third kappa shape index (κ3) is 4.15. The van der Waals surface area contributed by atoms with Gasteiger partial charge in [0.25, 0.3) is 5.91 Å². The fraction of sp³-hybridized carbons (Fsp3) is 0.333. The number of halogens is 4. The second-order valence-electron chi connectivity index (χ2n) is 8.33. The maximum Gasteiger partial charge on any atom is 0.387 e. The van der Waals surface area contributed by atoms with Gasteiger partial charge in [0.05, 0.1) is 17.5 Å². The molecule has 1 saturated heterocycles. The Kier molecular flexibility index (Phi) is 5.78. The van der Waals surface area contributed by atoms with Crippen molar-refractivity contribution >= 4 is 5.91 Å². The van der Waals surface area contributed by atoms with Crippen LogP contribution in [0.1, 0.15) is 28.8 Å². The molecule has 0 N–H and O–H groups in total. The van der Waals surface area contributed by atoms with Crippen molar-refractivity contribution in [2.24, 2.45) is 7.05 Å². The number of carbonyl (C=O) groups is 1. The van der Waals surface area contributed by atoms with Gasteiger partial charge in [-0.1, -0.05) is 12.1 Å². The summed E-state index contributed by atoms with van der Waals surface area (Å²) < 4.78 is 67.9. The molecular formula is C24H21F4N3O4. The molecule has 0 atom stereocenters. The number of rotatable bonds is 5. The van der Waals surface area contributed by atoms with Crippen molar-refractivity contribution in [3.63, 3.8) is 0 Å². The number of nitrogens with zero attached hydrogens (tertiary/aromatic N) is 3. The van der Waals surface area contributed by atoms with Crippen molar-refractivity contribution in [2.45, 2.75) is 31.7 Å². The van der Waals surface area contributed by atoms with Crippen molar-refractivity contribution < 1.29 is 36.6 Å². The van der Waals surface area contributed by atoms with Crippen molar-refractivity contribution in [3.05, 3.63) is 59.8 Å². The highest BCUT2D eigenvalue weighted by Crippen LogP contribution is 2.49. The summed E-state index contributed by atoms with van der Waals surface area (Å²) in [6, 6.07) is 10.8. The lowest BCUT2D eigenvalue weighted by Gasteiger charge is -2.44. The highest BCUT2D eigenvalue weighted by atomic mass is 19.3. The number of hydrogen-bond donors (Lipinski definition) is 0. The molecule has 2 aromatic carbocycles. The highest BCUT2D eigenvalue weighted by Gasteiger charge is 2.46. The number of fused-ring (bicyclic) bond motifs is 4. The fourth-order valence-corrected chi connectivity index (χ4v) is 4.77. The minimum Gasteiger partial charge on any atom is -0.482 e. The van der Waals surface area contributed by atoms with Gasteiger partial charge in [-0.3, -0.25) is 9.48 Å². The van der Waals surface area contributed by atoms with E-state index in [4.69, 9.17) is 4.74 Å². The first kappa shape index (κ1) is 23.0. The van der Waals surface area contributed by atoms with Gasteiger partial charge in [-0.15, -0.1) is 0 Å². The van der Waals surface area contributed by atoms with E-state index in [-0.39, 0.29) is 24.4 Å². The Morgan fingerprint density at radius 1 is 1.06 bits per heavy atom. The molecule has 184 valence electrons. The molecule has 1 spiro atoms. The van der Waals surface area contributed by atoms with Crippen molar-refractivity contribution in [2.75, 3.05) is 13.1 Å². The molecule has 11 heteroatoms. The van der Waals surface area contributed by atoms with E-state index >= 15 is 0 Å². The van der Waals surface area contributed by atoms with Crippen LogP contribution in [0.25, 0.3) is 11.3 Å². The summed E-state index contributed by atoms with van der Waals surface area (Å²) in [4.78, 5) is 14.7. The maximum absolute atomic E-state index is 13.2. The third-order valence-corrected chi connectivity index (χ3v) is 6.36. The fourth-order valence-electron chi connectivity index (χ4n) is 4.77. The molecule has 1 aromatic heterocycles. The average molecular weight is 491 g/mol. The first-order valence-electron chi connectivity index (χ1n) is 10.9. The van der Waals surface area contributed by atoms with Gasteiger partial charge >= 0.3 is 13.2 Å². The van der Waals surface area contributed by atoms with Crippen LogP contribution < -0.4 is 14.2 Å². The summed E-state index contributed by atoms with van der Waals surface area (Å²) in [6.07, 6.45) is 2.67. The van der Waals surface area contributed by atoms with Gasteiger partial charge < -0.3 is 19.1 Å². The van der Waals surface area contributed by atoms with Crippen LogP contribution in [-0.2, 0) is 12.6 Å². The summed E-state index contributed by atoms with van der Waals surface area (Å²) in [5.41, 5.74) is 1.97. The van der Waals surface area contributed by atoms with Crippen LogP contribution in [0.15, 0.2) is 48.7 Å². The number of amides is 1. The molecule has 35 heavy (non-hydrogen) atoms. The Hall–Kier alpha value is -3.76. The minimum absolute atomic E-state index is 0.167. The quantitative estimate of drug-likeness (QED) is 0.479. The molecule has 0 bridgehead atoms. The van der Waals surface area contributed by atoms with Gasteiger partial charge in [0.1, 0.15) is 22.8 Å². The molecule has 3 aromatic rings. The molecule has 0 aliphatic carbocycles. The monoisotopic (exact) mass is 491 g/mol. The number of ether oxygens (including phenoxy) is 3. The molecule has 1 amide bonds. The van der Waals surface area contributed by atoms with Gasteiger partial charge in [0, 0.05) is 50.2 Å². The van der Waals surface area contributed by atoms with Crippen molar-refractivity contribution in [1.82, 2.24) is 14.7 Å². The van der Waals surface area contributed by atoms with Gasteiger partial charge in [-0.2, -0.15) is 22.7 Å². The molecule has 2 aliphatic rings. The molecule has 0 radical (unpaired) electrons. The van der Waals surface area contributed by atoms with E-state index in [1.807, 2.05) is 31.3 Å². The second-order valence-corrected chi connectivity index (χ2v) is 8.33. The standard InChI is InChI=1S/C24H21F4N3O4/c1-30-20-15-4-2-3-5-18(15)35-24(17(20)13-29-30)8-10-31(11-9-24)21(32)16-7-6-14(33-22(25)26)12-19(16)34-23(27)28/h2-7,12-13,22-23H,8-11H2,1H3. The van der Waals surface area contributed by atoms with Crippen LogP contribution in [0, 0.1) is 0 Å². The zero-order valence-electron chi connectivity index (χ0n) is 18.6.